The third kappa shape index (κ3) is 3.93. The zero-order chi connectivity index (χ0) is 21.8. The quantitative estimate of drug-likeness (QED) is 0.405. The smallest absolute Gasteiger partial charge is 0.233 e. The molecule has 0 aliphatic carbocycles. The third-order valence-electron chi connectivity index (χ3n) is 4.73. The minimum absolute atomic E-state index is 0.316. The molecule has 0 radical (unpaired) electrons. The Hall–Kier alpha value is -3.89. The van der Waals surface area contributed by atoms with Crippen molar-refractivity contribution in [2.24, 2.45) is 4.99 Å². The van der Waals surface area contributed by atoms with Crippen molar-refractivity contribution in [2.75, 3.05) is 19.5 Å². The van der Waals surface area contributed by atoms with Gasteiger partial charge in [0.15, 0.2) is 0 Å². The summed E-state index contributed by atoms with van der Waals surface area (Å²) in [5.41, 5.74) is 9.86. The van der Waals surface area contributed by atoms with Gasteiger partial charge < -0.3 is 15.2 Å². The van der Waals surface area contributed by atoms with Crippen LogP contribution in [0.4, 0.5) is 11.4 Å². The first-order valence-electron chi connectivity index (χ1n) is 9.68. The minimum Gasteiger partial charge on any atom is -0.497 e. The number of aromatic nitrogens is 1. The van der Waals surface area contributed by atoms with Gasteiger partial charge in [-0.1, -0.05) is 30.3 Å². The summed E-state index contributed by atoms with van der Waals surface area (Å²) in [6.07, 6.45) is 1.73. The fourth-order valence-electron chi connectivity index (χ4n) is 3.28. The summed E-state index contributed by atoms with van der Waals surface area (Å²) in [7, 11) is 1.62. The number of hydrogen-bond donors (Lipinski definition) is 1. The second-order valence-electron chi connectivity index (χ2n) is 6.59. The Morgan fingerprint density at radius 2 is 1.90 bits per heavy atom. The predicted molar refractivity (Wildman–Crippen MR) is 126 cm³/mol. The van der Waals surface area contributed by atoms with E-state index in [1.165, 1.54) is 11.3 Å². The third-order valence-corrected chi connectivity index (χ3v) is 5.76. The Labute approximate surface area is 184 Å². The average Bonchev–Trinajstić information content (AvgIpc) is 3.12. The molecule has 0 atom stereocenters. The first-order valence-corrected chi connectivity index (χ1v) is 10.5. The second-order valence-corrected chi connectivity index (χ2v) is 7.62. The Morgan fingerprint density at radius 1 is 1.16 bits per heavy atom. The van der Waals surface area contributed by atoms with Gasteiger partial charge in [0, 0.05) is 17.2 Å². The number of nitriles is 1. The number of ether oxygens (including phenoxy) is 2. The van der Waals surface area contributed by atoms with E-state index in [1.54, 1.807) is 13.3 Å². The van der Waals surface area contributed by atoms with Crippen LogP contribution in [0.25, 0.3) is 21.3 Å². The van der Waals surface area contributed by atoms with Gasteiger partial charge in [-0.3, -0.25) is 4.99 Å². The van der Waals surface area contributed by atoms with Crippen LogP contribution in [0.5, 0.6) is 11.6 Å². The van der Waals surface area contributed by atoms with Crippen molar-refractivity contribution in [1.82, 2.24) is 4.98 Å². The molecule has 2 heterocycles. The predicted octanol–water partition coefficient (Wildman–Crippen LogP) is 5.58. The van der Waals surface area contributed by atoms with Gasteiger partial charge in [-0.15, -0.1) is 11.3 Å². The van der Waals surface area contributed by atoms with E-state index >= 15 is 0 Å². The van der Waals surface area contributed by atoms with E-state index in [1.807, 2.05) is 61.5 Å². The molecule has 0 aliphatic rings. The van der Waals surface area contributed by atoms with Crippen molar-refractivity contribution in [3.63, 3.8) is 0 Å². The van der Waals surface area contributed by atoms with Crippen LogP contribution in [0.3, 0.4) is 0 Å². The van der Waals surface area contributed by atoms with E-state index in [2.05, 4.69) is 16.0 Å². The van der Waals surface area contributed by atoms with Crippen LogP contribution in [-0.4, -0.2) is 24.9 Å². The number of pyridine rings is 1. The molecular formula is C24H20N4O2S. The van der Waals surface area contributed by atoms with Crippen LogP contribution in [0, 0.1) is 11.3 Å². The lowest BCUT2D eigenvalue weighted by Gasteiger charge is -2.11. The number of hydrogen-bond acceptors (Lipinski definition) is 7. The number of aliphatic imine (C=N–C) groups is 1. The summed E-state index contributed by atoms with van der Waals surface area (Å²) in [6, 6.07) is 19.4. The molecule has 0 amide bonds. The van der Waals surface area contributed by atoms with E-state index in [4.69, 9.17) is 15.2 Å². The number of anilines is 1. The molecule has 0 bridgehead atoms. The Kier molecular flexibility index (Phi) is 5.83. The molecule has 0 unspecified atom stereocenters. The standard InChI is InChI=1S/C24H20N4O2S/c1-3-30-23-18(13-25)20(15-7-5-4-6-8-15)21-22(26)19(31-24(21)28-23)14-27-16-9-11-17(29-2)12-10-16/h4-12,14H,3,26H2,1-2H3. The summed E-state index contributed by atoms with van der Waals surface area (Å²) in [4.78, 5) is 10.6. The summed E-state index contributed by atoms with van der Waals surface area (Å²) in [5.74, 6) is 1.08. The van der Waals surface area contributed by atoms with Crippen molar-refractivity contribution < 1.29 is 9.47 Å². The van der Waals surface area contributed by atoms with Crippen molar-refractivity contribution in [1.29, 1.82) is 5.26 Å². The number of methoxy groups -OCH3 is 1. The van der Waals surface area contributed by atoms with Gasteiger partial charge in [0.05, 0.1) is 30.0 Å². The number of nitrogens with zero attached hydrogens (tertiary/aromatic N) is 3. The molecule has 31 heavy (non-hydrogen) atoms. The molecule has 6 nitrogen and oxygen atoms in total. The molecular weight excluding hydrogens is 408 g/mol. The molecule has 7 heteroatoms. The number of nitrogens with two attached hydrogens (primary N) is 1. The maximum atomic E-state index is 9.90. The fraction of sp³-hybridized carbons (Fsp3) is 0.125. The molecule has 0 saturated heterocycles. The lowest BCUT2D eigenvalue weighted by Crippen LogP contribution is -2.00. The summed E-state index contributed by atoms with van der Waals surface area (Å²) in [5, 5.41) is 10.6. The van der Waals surface area contributed by atoms with Crippen molar-refractivity contribution >= 4 is 39.1 Å². The van der Waals surface area contributed by atoms with E-state index < -0.39 is 0 Å². The lowest BCUT2D eigenvalue weighted by molar-refractivity contribution is 0.327. The van der Waals surface area contributed by atoms with Gasteiger partial charge in [-0.2, -0.15) is 5.26 Å². The minimum atomic E-state index is 0.316. The summed E-state index contributed by atoms with van der Waals surface area (Å²) in [6.45, 7) is 2.28. The Balaban J connectivity index is 1.89. The van der Waals surface area contributed by atoms with Gasteiger partial charge in [0.2, 0.25) is 5.88 Å². The molecule has 0 spiro atoms. The van der Waals surface area contributed by atoms with Gasteiger partial charge in [-0.05, 0) is 36.8 Å². The number of fused-ring (bicyclic) bond motifs is 1. The van der Waals surface area contributed by atoms with Crippen LogP contribution in [0.1, 0.15) is 17.4 Å². The largest absolute Gasteiger partial charge is 0.497 e. The highest BCUT2D eigenvalue weighted by molar-refractivity contribution is 7.21. The van der Waals surface area contributed by atoms with E-state index in [9.17, 15) is 5.26 Å². The highest BCUT2D eigenvalue weighted by Gasteiger charge is 2.22. The van der Waals surface area contributed by atoms with Gasteiger partial charge in [0.1, 0.15) is 22.2 Å². The van der Waals surface area contributed by atoms with Crippen molar-refractivity contribution in [3.8, 4) is 28.8 Å². The lowest BCUT2D eigenvalue weighted by atomic mass is 9.97. The molecule has 2 aromatic heterocycles. The van der Waals surface area contributed by atoms with E-state index in [0.29, 0.717) is 28.6 Å². The molecule has 154 valence electrons. The van der Waals surface area contributed by atoms with Gasteiger partial charge in [-0.25, -0.2) is 4.98 Å². The molecule has 4 aromatic rings. The topological polar surface area (TPSA) is 93.5 Å². The molecule has 4 rings (SSSR count). The zero-order valence-electron chi connectivity index (χ0n) is 17.1. The van der Waals surface area contributed by atoms with E-state index in [-0.39, 0.29) is 0 Å². The first-order chi connectivity index (χ1) is 15.2. The zero-order valence-corrected chi connectivity index (χ0v) is 17.9. The Morgan fingerprint density at radius 3 is 2.55 bits per heavy atom. The summed E-state index contributed by atoms with van der Waals surface area (Å²) >= 11 is 1.42. The molecule has 0 fully saturated rings. The van der Waals surface area contributed by atoms with Gasteiger partial charge >= 0.3 is 0 Å². The Bertz CT molecular complexity index is 1290. The molecule has 0 aliphatic heterocycles. The number of thiophene rings is 1. The maximum absolute atomic E-state index is 9.90. The fourth-order valence-corrected chi connectivity index (χ4v) is 4.25. The number of benzene rings is 2. The van der Waals surface area contributed by atoms with Crippen LogP contribution in [0.2, 0.25) is 0 Å². The van der Waals surface area contributed by atoms with Gasteiger partial charge in [0.25, 0.3) is 0 Å². The normalized spacial score (nSPS) is 11.0. The highest BCUT2D eigenvalue weighted by Crippen LogP contribution is 2.43. The van der Waals surface area contributed by atoms with Crippen molar-refractivity contribution in [2.45, 2.75) is 6.92 Å². The maximum Gasteiger partial charge on any atom is 0.233 e. The average molecular weight is 429 g/mol. The molecule has 0 saturated carbocycles. The molecule has 2 aromatic carbocycles. The summed E-state index contributed by atoms with van der Waals surface area (Å²) < 4.78 is 10.9. The highest BCUT2D eigenvalue weighted by atomic mass is 32.1. The van der Waals surface area contributed by atoms with Crippen molar-refractivity contribution in [3.05, 3.63) is 65.0 Å². The molecule has 2 N–H and O–H groups in total. The van der Waals surface area contributed by atoms with Crippen LogP contribution in [-0.2, 0) is 0 Å². The van der Waals surface area contributed by atoms with Crippen LogP contribution in [0.15, 0.2) is 59.6 Å². The van der Waals surface area contributed by atoms with Crippen LogP contribution < -0.4 is 15.2 Å². The SMILES string of the molecule is CCOc1nc2sc(C=Nc3ccc(OC)cc3)c(N)c2c(-c2ccccc2)c1C#N. The number of nitrogen functional groups attached to an aromatic ring is 1. The van der Waals surface area contributed by atoms with Crippen LogP contribution >= 0.6 is 11.3 Å². The first kappa shape index (κ1) is 20.4. The monoisotopic (exact) mass is 428 g/mol. The van der Waals surface area contributed by atoms with E-state index in [0.717, 1.165) is 32.8 Å². The number of rotatable bonds is 6. The second kappa shape index (κ2) is 8.86.